The number of carbonyl (C=O) groups excluding carboxylic acids is 1. The number of aromatic nitrogens is 1. The van der Waals surface area contributed by atoms with E-state index in [1.54, 1.807) is 24.4 Å². The Morgan fingerprint density at radius 3 is 2.75 bits per heavy atom. The maximum atomic E-state index is 11.6. The van der Waals surface area contributed by atoms with E-state index in [9.17, 15) is 4.79 Å². The Hall–Kier alpha value is -2.73. The van der Waals surface area contributed by atoms with Gasteiger partial charge in [-0.05, 0) is 55.0 Å². The number of aliphatic imine (C=N–C) groups is 1. The van der Waals surface area contributed by atoms with Gasteiger partial charge in [0.15, 0.2) is 0 Å². The van der Waals surface area contributed by atoms with Crippen LogP contribution in [0.4, 0.5) is 5.13 Å². The number of fused-ring (bicyclic) bond motifs is 1. The molecule has 0 saturated carbocycles. The lowest BCUT2D eigenvalue weighted by molar-refractivity contribution is 0.0601. The quantitative estimate of drug-likeness (QED) is 0.515. The van der Waals surface area contributed by atoms with Crippen molar-refractivity contribution in [1.82, 2.24) is 4.98 Å². The SMILES string of the molecule is CCOc1ccc(C=Nc2nc3ccc(C(=O)OC)cc3s2)cc1. The van der Waals surface area contributed by atoms with E-state index in [4.69, 9.17) is 9.47 Å². The normalized spacial score (nSPS) is 11.1. The zero-order valence-corrected chi connectivity index (χ0v) is 14.2. The van der Waals surface area contributed by atoms with E-state index in [0.29, 0.717) is 17.3 Å². The van der Waals surface area contributed by atoms with E-state index in [0.717, 1.165) is 21.5 Å². The van der Waals surface area contributed by atoms with Crippen LogP contribution in [-0.4, -0.2) is 30.9 Å². The third-order valence-corrected chi connectivity index (χ3v) is 4.24. The molecule has 0 saturated heterocycles. The first-order valence-electron chi connectivity index (χ1n) is 7.45. The Morgan fingerprint density at radius 1 is 1.25 bits per heavy atom. The molecule has 3 rings (SSSR count). The van der Waals surface area contributed by atoms with Gasteiger partial charge < -0.3 is 9.47 Å². The molecule has 6 heteroatoms. The molecule has 1 heterocycles. The summed E-state index contributed by atoms with van der Waals surface area (Å²) in [7, 11) is 1.37. The van der Waals surface area contributed by atoms with Crippen molar-refractivity contribution >= 4 is 38.9 Å². The minimum atomic E-state index is -0.357. The molecule has 0 aliphatic rings. The van der Waals surface area contributed by atoms with E-state index in [-0.39, 0.29) is 5.97 Å². The van der Waals surface area contributed by atoms with Crippen molar-refractivity contribution in [3.8, 4) is 5.75 Å². The Balaban J connectivity index is 1.80. The van der Waals surface area contributed by atoms with Gasteiger partial charge >= 0.3 is 5.97 Å². The summed E-state index contributed by atoms with van der Waals surface area (Å²) in [6, 6.07) is 13.0. The van der Waals surface area contributed by atoms with Gasteiger partial charge in [-0.25, -0.2) is 14.8 Å². The standard InChI is InChI=1S/C18H16N2O3S/c1-3-23-14-7-4-12(5-8-14)11-19-18-20-15-9-6-13(17(21)22-2)10-16(15)24-18/h4-11H,3H2,1-2H3. The highest BCUT2D eigenvalue weighted by atomic mass is 32.1. The lowest BCUT2D eigenvalue weighted by Crippen LogP contribution is -1.99. The van der Waals surface area contributed by atoms with Gasteiger partial charge in [0.05, 0.1) is 29.5 Å². The first kappa shape index (κ1) is 16.1. The summed E-state index contributed by atoms with van der Waals surface area (Å²) in [4.78, 5) is 20.4. The number of thiazole rings is 1. The second-order valence-corrected chi connectivity index (χ2v) is 5.94. The van der Waals surface area contributed by atoms with Crippen LogP contribution in [-0.2, 0) is 4.74 Å². The third-order valence-electron chi connectivity index (χ3n) is 3.31. The molecular weight excluding hydrogens is 324 g/mol. The van der Waals surface area contributed by atoms with Crippen molar-refractivity contribution in [2.75, 3.05) is 13.7 Å². The van der Waals surface area contributed by atoms with Crippen LogP contribution in [0.3, 0.4) is 0 Å². The third kappa shape index (κ3) is 3.60. The van der Waals surface area contributed by atoms with E-state index in [1.165, 1.54) is 18.4 Å². The Morgan fingerprint density at radius 2 is 2.04 bits per heavy atom. The first-order valence-corrected chi connectivity index (χ1v) is 8.27. The number of ether oxygens (including phenoxy) is 2. The van der Waals surface area contributed by atoms with Gasteiger partial charge in [-0.15, -0.1) is 0 Å². The van der Waals surface area contributed by atoms with Gasteiger partial charge in [-0.3, -0.25) is 0 Å². The summed E-state index contributed by atoms with van der Waals surface area (Å²) in [6.45, 7) is 2.60. The van der Waals surface area contributed by atoms with Crippen LogP contribution >= 0.6 is 11.3 Å². The minimum Gasteiger partial charge on any atom is -0.494 e. The van der Waals surface area contributed by atoms with Crippen LogP contribution in [0, 0.1) is 0 Å². The molecule has 3 aromatic rings. The molecule has 24 heavy (non-hydrogen) atoms. The van der Waals surface area contributed by atoms with Crippen molar-refractivity contribution in [3.05, 3.63) is 53.6 Å². The monoisotopic (exact) mass is 340 g/mol. The molecule has 5 nitrogen and oxygen atoms in total. The van der Waals surface area contributed by atoms with Crippen molar-refractivity contribution in [1.29, 1.82) is 0 Å². The largest absolute Gasteiger partial charge is 0.494 e. The van der Waals surface area contributed by atoms with Gasteiger partial charge in [0, 0.05) is 6.21 Å². The molecule has 0 radical (unpaired) electrons. The van der Waals surface area contributed by atoms with E-state index >= 15 is 0 Å². The molecule has 0 atom stereocenters. The molecule has 0 bridgehead atoms. The van der Waals surface area contributed by atoms with Gasteiger partial charge in [0.1, 0.15) is 5.75 Å². The zero-order chi connectivity index (χ0) is 16.9. The second-order valence-electron chi connectivity index (χ2n) is 4.93. The van der Waals surface area contributed by atoms with Crippen LogP contribution in [0.25, 0.3) is 10.2 Å². The van der Waals surface area contributed by atoms with Crippen molar-refractivity contribution in [2.45, 2.75) is 6.92 Å². The fourth-order valence-corrected chi connectivity index (χ4v) is 3.01. The van der Waals surface area contributed by atoms with E-state index in [2.05, 4.69) is 9.98 Å². The summed E-state index contributed by atoms with van der Waals surface area (Å²) in [5, 5.41) is 0.640. The number of hydrogen-bond donors (Lipinski definition) is 0. The fourth-order valence-electron chi connectivity index (χ4n) is 2.16. The lowest BCUT2D eigenvalue weighted by atomic mass is 10.2. The lowest BCUT2D eigenvalue weighted by Gasteiger charge is -2.01. The van der Waals surface area contributed by atoms with Gasteiger partial charge in [-0.1, -0.05) is 11.3 Å². The molecule has 0 aliphatic heterocycles. The zero-order valence-electron chi connectivity index (χ0n) is 13.4. The second kappa shape index (κ2) is 7.23. The Bertz CT molecular complexity index is 885. The Labute approximate surface area is 143 Å². The van der Waals surface area contributed by atoms with Crippen molar-refractivity contribution in [2.24, 2.45) is 4.99 Å². The van der Waals surface area contributed by atoms with Gasteiger partial charge in [0.25, 0.3) is 0 Å². The molecule has 0 N–H and O–H groups in total. The van der Waals surface area contributed by atoms with E-state index in [1.807, 2.05) is 31.2 Å². The average Bonchev–Trinajstić information content (AvgIpc) is 3.02. The molecule has 2 aromatic carbocycles. The molecule has 0 aliphatic carbocycles. The predicted octanol–water partition coefficient (Wildman–Crippen LogP) is 4.23. The summed E-state index contributed by atoms with van der Waals surface area (Å²) in [5.41, 5.74) is 2.29. The number of methoxy groups -OCH3 is 1. The van der Waals surface area contributed by atoms with Crippen LogP contribution in [0.15, 0.2) is 47.5 Å². The molecule has 0 spiro atoms. The number of nitrogens with zero attached hydrogens (tertiary/aromatic N) is 2. The van der Waals surface area contributed by atoms with Crippen LogP contribution in [0.5, 0.6) is 5.75 Å². The average molecular weight is 340 g/mol. The highest BCUT2D eigenvalue weighted by Gasteiger charge is 2.09. The summed E-state index contributed by atoms with van der Waals surface area (Å²) < 4.78 is 11.0. The maximum absolute atomic E-state index is 11.6. The molecular formula is C18H16N2O3S. The van der Waals surface area contributed by atoms with Crippen LogP contribution < -0.4 is 4.74 Å². The number of carbonyl (C=O) groups is 1. The van der Waals surface area contributed by atoms with Crippen molar-refractivity contribution in [3.63, 3.8) is 0 Å². The number of benzene rings is 2. The molecule has 122 valence electrons. The number of rotatable bonds is 5. The molecule has 0 amide bonds. The van der Waals surface area contributed by atoms with Gasteiger partial charge in [0.2, 0.25) is 5.13 Å². The summed E-state index contributed by atoms with van der Waals surface area (Å²) in [6.07, 6.45) is 1.76. The molecule has 0 fully saturated rings. The number of esters is 1. The minimum absolute atomic E-state index is 0.357. The first-order chi connectivity index (χ1) is 11.7. The smallest absolute Gasteiger partial charge is 0.337 e. The maximum Gasteiger partial charge on any atom is 0.337 e. The highest BCUT2D eigenvalue weighted by Crippen LogP contribution is 2.29. The molecule has 1 aromatic heterocycles. The molecule has 0 unspecified atom stereocenters. The van der Waals surface area contributed by atoms with E-state index < -0.39 is 0 Å². The van der Waals surface area contributed by atoms with Crippen LogP contribution in [0.1, 0.15) is 22.8 Å². The number of hydrogen-bond acceptors (Lipinski definition) is 6. The van der Waals surface area contributed by atoms with Crippen LogP contribution in [0.2, 0.25) is 0 Å². The van der Waals surface area contributed by atoms with Gasteiger partial charge in [-0.2, -0.15) is 0 Å². The van der Waals surface area contributed by atoms with Crippen molar-refractivity contribution < 1.29 is 14.3 Å². The summed E-state index contributed by atoms with van der Waals surface area (Å²) in [5.74, 6) is 0.481. The fraction of sp³-hybridized carbons (Fsp3) is 0.167. The Kier molecular flexibility index (Phi) is 4.86. The topological polar surface area (TPSA) is 60.8 Å². The highest BCUT2D eigenvalue weighted by molar-refractivity contribution is 7.22. The summed E-state index contributed by atoms with van der Waals surface area (Å²) >= 11 is 1.43. The predicted molar refractivity (Wildman–Crippen MR) is 95.8 cm³/mol.